The van der Waals surface area contributed by atoms with E-state index in [-0.39, 0.29) is 40.6 Å². The quantitative estimate of drug-likeness (QED) is 0.426. The van der Waals surface area contributed by atoms with Gasteiger partial charge >= 0.3 is 49.7 Å². The van der Waals surface area contributed by atoms with Crippen LogP contribution in [0, 0.1) is 11.8 Å². The second-order valence-corrected chi connectivity index (χ2v) is 3.17. The molecule has 2 N–H and O–H groups in total. The van der Waals surface area contributed by atoms with Crippen molar-refractivity contribution in [2.75, 3.05) is 0 Å². The van der Waals surface area contributed by atoms with Crippen molar-refractivity contribution in [1.29, 1.82) is 0 Å². The van der Waals surface area contributed by atoms with Crippen LogP contribution in [0.5, 0.6) is 0 Å². The fourth-order valence-electron chi connectivity index (χ4n) is 1.72. The van der Waals surface area contributed by atoms with E-state index < -0.39 is 23.8 Å². The van der Waals surface area contributed by atoms with Gasteiger partial charge in [-0.15, -0.1) is 0 Å². The Balaban J connectivity index is -0.000000180. The first-order valence-corrected chi connectivity index (χ1v) is 4.08. The van der Waals surface area contributed by atoms with Crippen LogP contribution in [0.25, 0.3) is 0 Å². The molecule has 0 heterocycles. The summed E-state index contributed by atoms with van der Waals surface area (Å²) in [6.45, 7) is 0. The molecule has 4 nitrogen and oxygen atoms in total. The van der Waals surface area contributed by atoms with E-state index in [1.165, 1.54) is 0 Å². The fourth-order valence-corrected chi connectivity index (χ4v) is 1.72. The molecule has 2 atom stereocenters. The number of rotatable bonds is 2. The van der Waals surface area contributed by atoms with Gasteiger partial charge < -0.3 is 13.1 Å². The van der Waals surface area contributed by atoms with E-state index in [4.69, 9.17) is 10.2 Å². The van der Waals surface area contributed by atoms with Crippen LogP contribution in [0.15, 0.2) is 0 Å². The minimum Gasteiger partial charge on any atom is -1.00 e. The summed E-state index contributed by atoms with van der Waals surface area (Å²) in [5.41, 5.74) is 0. The summed E-state index contributed by atoms with van der Waals surface area (Å²) in [5.74, 6) is -3.28. The molecule has 0 aromatic carbocycles. The van der Waals surface area contributed by atoms with Crippen molar-refractivity contribution in [3.63, 3.8) is 0 Å². The molecule has 0 saturated heterocycles. The number of aliphatic carboxylic acids is 2. The van der Waals surface area contributed by atoms with E-state index in [1.54, 1.807) is 0 Å². The van der Waals surface area contributed by atoms with Crippen molar-refractivity contribution in [2.45, 2.75) is 25.7 Å². The molecule has 14 heavy (non-hydrogen) atoms. The van der Waals surface area contributed by atoms with E-state index in [9.17, 15) is 9.59 Å². The summed E-state index contributed by atoms with van der Waals surface area (Å²) in [7, 11) is 0. The maximum atomic E-state index is 10.6. The fraction of sp³-hybridized carbons (Fsp3) is 0.750. The zero-order chi connectivity index (χ0) is 9.14. The SMILES string of the molecule is O=C(O)C1CCCCC1C(=O)O.[H-].[H-].[Li+].[Li+]. The first-order valence-electron chi connectivity index (χ1n) is 4.08. The van der Waals surface area contributed by atoms with Gasteiger partial charge in [-0.1, -0.05) is 12.8 Å². The van der Waals surface area contributed by atoms with Gasteiger partial charge in [-0.2, -0.15) is 0 Å². The van der Waals surface area contributed by atoms with Crippen LogP contribution in [0.2, 0.25) is 0 Å². The molecule has 1 aliphatic rings. The van der Waals surface area contributed by atoms with Crippen LogP contribution in [-0.4, -0.2) is 22.2 Å². The molecule has 0 aliphatic heterocycles. The molecule has 0 spiro atoms. The average molecular weight is 188 g/mol. The van der Waals surface area contributed by atoms with Crippen molar-refractivity contribution in [3.8, 4) is 0 Å². The molecule has 0 radical (unpaired) electrons. The van der Waals surface area contributed by atoms with Gasteiger partial charge in [0.1, 0.15) is 0 Å². The normalized spacial score (nSPS) is 25.4. The first-order chi connectivity index (χ1) is 5.63. The predicted octanol–water partition coefficient (Wildman–Crippen LogP) is -4.80. The summed E-state index contributed by atoms with van der Waals surface area (Å²) in [6, 6.07) is 0. The summed E-state index contributed by atoms with van der Waals surface area (Å²) in [5, 5.41) is 17.4. The molecule has 0 amide bonds. The molecular formula is C8H14Li2O4. The summed E-state index contributed by atoms with van der Waals surface area (Å²) in [4.78, 5) is 21.2. The Morgan fingerprint density at radius 2 is 1.21 bits per heavy atom. The van der Waals surface area contributed by atoms with Crippen LogP contribution >= 0.6 is 0 Å². The Kier molecular flexibility index (Phi) is 8.79. The zero-order valence-electron chi connectivity index (χ0n) is 10.7. The second kappa shape index (κ2) is 7.43. The molecule has 6 heteroatoms. The zero-order valence-corrected chi connectivity index (χ0v) is 8.69. The van der Waals surface area contributed by atoms with Crippen molar-refractivity contribution < 1.29 is 60.4 Å². The minimum absolute atomic E-state index is 0. The monoisotopic (exact) mass is 188 g/mol. The number of hydrogen-bond donors (Lipinski definition) is 2. The third-order valence-corrected chi connectivity index (χ3v) is 2.40. The van der Waals surface area contributed by atoms with E-state index in [2.05, 4.69) is 0 Å². The summed E-state index contributed by atoms with van der Waals surface area (Å²) in [6.07, 6.45) is 2.68. The maximum Gasteiger partial charge on any atom is 1.00 e. The van der Waals surface area contributed by atoms with Crippen LogP contribution in [-0.2, 0) is 9.59 Å². The summed E-state index contributed by atoms with van der Waals surface area (Å²) >= 11 is 0. The van der Waals surface area contributed by atoms with E-state index in [0.29, 0.717) is 12.8 Å². The van der Waals surface area contributed by atoms with Gasteiger partial charge in [0.05, 0.1) is 11.8 Å². The maximum absolute atomic E-state index is 10.6. The molecule has 1 aliphatic carbocycles. The number of carbonyl (C=O) groups is 2. The van der Waals surface area contributed by atoms with Gasteiger partial charge in [-0.3, -0.25) is 9.59 Å². The van der Waals surface area contributed by atoms with Gasteiger partial charge in [-0.05, 0) is 12.8 Å². The Hall–Kier alpha value is 0.135. The minimum atomic E-state index is -0.970. The molecule has 0 bridgehead atoms. The number of hydrogen-bond acceptors (Lipinski definition) is 2. The van der Waals surface area contributed by atoms with Crippen molar-refractivity contribution in [3.05, 3.63) is 0 Å². The Morgan fingerprint density at radius 3 is 1.43 bits per heavy atom. The van der Waals surface area contributed by atoms with Gasteiger partial charge in [0.25, 0.3) is 0 Å². The van der Waals surface area contributed by atoms with Gasteiger partial charge in [0.15, 0.2) is 0 Å². The average Bonchev–Trinajstić information content (AvgIpc) is 2.04. The topological polar surface area (TPSA) is 74.6 Å². The molecule has 1 fully saturated rings. The Bertz CT molecular complexity index is 194. The van der Waals surface area contributed by atoms with Gasteiger partial charge in [0, 0.05) is 0 Å². The summed E-state index contributed by atoms with van der Waals surface area (Å²) < 4.78 is 0. The third-order valence-electron chi connectivity index (χ3n) is 2.40. The van der Waals surface area contributed by atoms with Crippen LogP contribution in [0.1, 0.15) is 28.5 Å². The van der Waals surface area contributed by atoms with Crippen molar-refractivity contribution in [1.82, 2.24) is 0 Å². The Morgan fingerprint density at radius 1 is 0.929 bits per heavy atom. The molecule has 1 saturated carbocycles. The largest absolute Gasteiger partial charge is 1.00 e. The molecule has 72 valence electrons. The van der Waals surface area contributed by atoms with Crippen LogP contribution < -0.4 is 37.7 Å². The van der Waals surface area contributed by atoms with Crippen molar-refractivity contribution >= 4 is 11.9 Å². The molecule has 0 aromatic heterocycles. The van der Waals surface area contributed by atoms with Gasteiger partial charge in [-0.25, -0.2) is 0 Å². The second-order valence-electron chi connectivity index (χ2n) is 3.17. The molecular weight excluding hydrogens is 174 g/mol. The smallest absolute Gasteiger partial charge is 1.00 e. The number of carboxylic acid groups (broad SMARTS) is 2. The van der Waals surface area contributed by atoms with Crippen molar-refractivity contribution in [2.24, 2.45) is 11.8 Å². The molecule has 2 unspecified atom stereocenters. The predicted molar refractivity (Wildman–Crippen MR) is 42.9 cm³/mol. The molecule has 0 aromatic rings. The van der Waals surface area contributed by atoms with Crippen LogP contribution in [0.3, 0.4) is 0 Å². The third kappa shape index (κ3) is 4.11. The molecule has 1 rings (SSSR count). The van der Waals surface area contributed by atoms with E-state index >= 15 is 0 Å². The number of carboxylic acids is 2. The van der Waals surface area contributed by atoms with E-state index in [0.717, 1.165) is 12.8 Å². The Labute approximate surface area is 110 Å². The standard InChI is InChI=1S/C8H12O4.2Li.2H/c9-7(10)5-3-1-2-4-6(5)8(11)12;;;;/h5-6H,1-4H2,(H,9,10)(H,11,12);;;;/q;2*+1;2*-1. The van der Waals surface area contributed by atoms with E-state index in [1.807, 2.05) is 0 Å². The van der Waals surface area contributed by atoms with Crippen LogP contribution in [0.4, 0.5) is 0 Å². The first kappa shape index (κ1) is 16.6. The van der Waals surface area contributed by atoms with Gasteiger partial charge in [0.2, 0.25) is 0 Å².